The van der Waals surface area contributed by atoms with Gasteiger partial charge in [0.2, 0.25) is 0 Å². The van der Waals surface area contributed by atoms with Gasteiger partial charge in [-0.1, -0.05) is 0 Å². The van der Waals surface area contributed by atoms with E-state index >= 15 is 0 Å². The SMILES string of the molecule is O=[N+]([O-])c1cccnc1OCC[C@@H]1CCCNC1. The lowest BCUT2D eigenvalue weighted by Crippen LogP contribution is -2.30. The van der Waals surface area contributed by atoms with E-state index < -0.39 is 4.92 Å². The van der Waals surface area contributed by atoms with Crippen LogP contribution in [0.3, 0.4) is 0 Å². The number of aromatic nitrogens is 1. The molecule has 1 fully saturated rings. The van der Waals surface area contributed by atoms with E-state index in [-0.39, 0.29) is 11.6 Å². The third-order valence-electron chi connectivity index (χ3n) is 3.11. The summed E-state index contributed by atoms with van der Waals surface area (Å²) >= 11 is 0. The molecule has 0 radical (unpaired) electrons. The molecular weight excluding hydrogens is 234 g/mol. The van der Waals surface area contributed by atoms with E-state index in [4.69, 9.17) is 4.74 Å². The molecule has 6 nitrogen and oxygen atoms in total. The molecule has 1 atom stereocenters. The zero-order chi connectivity index (χ0) is 12.8. The molecule has 0 bridgehead atoms. The van der Waals surface area contributed by atoms with Crippen molar-refractivity contribution in [2.75, 3.05) is 19.7 Å². The molecule has 1 N–H and O–H groups in total. The van der Waals surface area contributed by atoms with Crippen molar-refractivity contribution in [2.45, 2.75) is 19.3 Å². The van der Waals surface area contributed by atoms with Crippen molar-refractivity contribution in [3.63, 3.8) is 0 Å². The monoisotopic (exact) mass is 251 g/mol. The van der Waals surface area contributed by atoms with E-state index in [0.29, 0.717) is 12.5 Å². The second-order valence-corrected chi connectivity index (χ2v) is 4.43. The lowest BCUT2D eigenvalue weighted by Gasteiger charge is -2.22. The lowest BCUT2D eigenvalue weighted by atomic mass is 9.97. The summed E-state index contributed by atoms with van der Waals surface area (Å²) in [6.45, 7) is 2.57. The van der Waals surface area contributed by atoms with Gasteiger partial charge in [0.1, 0.15) is 0 Å². The summed E-state index contributed by atoms with van der Waals surface area (Å²) in [5.41, 5.74) is -0.0701. The summed E-state index contributed by atoms with van der Waals surface area (Å²) in [4.78, 5) is 14.2. The normalized spacial score (nSPS) is 19.4. The molecule has 0 unspecified atom stereocenters. The molecular formula is C12H17N3O3. The Bertz CT molecular complexity index is 405. The molecule has 1 aliphatic rings. The Morgan fingerprint density at radius 2 is 2.50 bits per heavy atom. The zero-order valence-electron chi connectivity index (χ0n) is 10.2. The molecule has 0 aliphatic carbocycles. The Hall–Kier alpha value is -1.69. The molecule has 1 aromatic rings. The number of nitrogens with one attached hydrogen (secondary N) is 1. The quantitative estimate of drug-likeness (QED) is 0.637. The van der Waals surface area contributed by atoms with Crippen LogP contribution in [0.5, 0.6) is 5.88 Å². The number of nitrogens with zero attached hydrogens (tertiary/aromatic N) is 2. The van der Waals surface area contributed by atoms with Gasteiger partial charge in [-0.15, -0.1) is 0 Å². The molecule has 6 heteroatoms. The summed E-state index contributed by atoms with van der Waals surface area (Å²) in [7, 11) is 0. The van der Waals surface area contributed by atoms with Crippen molar-refractivity contribution in [3.8, 4) is 5.88 Å². The van der Waals surface area contributed by atoms with Crippen molar-refractivity contribution in [1.82, 2.24) is 10.3 Å². The molecule has 18 heavy (non-hydrogen) atoms. The van der Waals surface area contributed by atoms with Gasteiger partial charge in [-0.2, -0.15) is 0 Å². The van der Waals surface area contributed by atoms with Crippen LogP contribution in [0.2, 0.25) is 0 Å². The van der Waals surface area contributed by atoms with Gasteiger partial charge in [0.25, 0.3) is 5.88 Å². The highest BCUT2D eigenvalue weighted by Crippen LogP contribution is 2.23. The lowest BCUT2D eigenvalue weighted by molar-refractivity contribution is -0.386. The second kappa shape index (κ2) is 6.30. The highest BCUT2D eigenvalue weighted by molar-refractivity contribution is 5.39. The van der Waals surface area contributed by atoms with Crippen molar-refractivity contribution >= 4 is 5.69 Å². The van der Waals surface area contributed by atoms with Crippen LogP contribution in [0.25, 0.3) is 0 Å². The predicted molar refractivity (Wildman–Crippen MR) is 66.6 cm³/mol. The van der Waals surface area contributed by atoms with Crippen LogP contribution in [0.15, 0.2) is 18.3 Å². The first-order chi connectivity index (χ1) is 8.77. The van der Waals surface area contributed by atoms with Crippen LogP contribution < -0.4 is 10.1 Å². The number of hydrogen-bond acceptors (Lipinski definition) is 5. The van der Waals surface area contributed by atoms with Crippen LogP contribution in [-0.4, -0.2) is 29.6 Å². The summed E-state index contributed by atoms with van der Waals surface area (Å²) in [5, 5.41) is 14.1. The minimum absolute atomic E-state index is 0.0701. The maximum Gasteiger partial charge on any atom is 0.330 e. The molecule has 2 heterocycles. The Balaban J connectivity index is 1.84. The van der Waals surface area contributed by atoms with E-state index in [1.165, 1.54) is 31.2 Å². The van der Waals surface area contributed by atoms with Gasteiger partial charge in [0, 0.05) is 12.3 Å². The number of ether oxygens (including phenoxy) is 1. The van der Waals surface area contributed by atoms with Crippen molar-refractivity contribution in [3.05, 3.63) is 28.4 Å². The largest absolute Gasteiger partial charge is 0.473 e. The first-order valence-corrected chi connectivity index (χ1v) is 6.20. The number of pyridine rings is 1. The van der Waals surface area contributed by atoms with E-state index in [0.717, 1.165) is 19.5 Å². The average Bonchev–Trinajstić information content (AvgIpc) is 2.40. The van der Waals surface area contributed by atoms with Crippen LogP contribution >= 0.6 is 0 Å². The highest BCUT2D eigenvalue weighted by Gasteiger charge is 2.17. The summed E-state index contributed by atoms with van der Waals surface area (Å²) in [6.07, 6.45) is 4.79. The second-order valence-electron chi connectivity index (χ2n) is 4.43. The third-order valence-corrected chi connectivity index (χ3v) is 3.11. The van der Waals surface area contributed by atoms with Gasteiger partial charge >= 0.3 is 5.69 Å². The van der Waals surface area contributed by atoms with Crippen LogP contribution in [0.1, 0.15) is 19.3 Å². The topological polar surface area (TPSA) is 77.3 Å². The maximum absolute atomic E-state index is 10.8. The Labute approximate surface area is 106 Å². The van der Waals surface area contributed by atoms with E-state index in [2.05, 4.69) is 10.3 Å². The standard InChI is InChI=1S/C12H17N3O3/c16-15(17)11-4-2-7-14-12(11)18-8-5-10-3-1-6-13-9-10/h2,4,7,10,13H,1,3,5-6,8-9H2/t10-/m0/s1. The molecule has 0 amide bonds. The highest BCUT2D eigenvalue weighted by atomic mass is 16.6. The fourth-order valence-corrected chi connectivity index (χ4v) is 2.13. The van der Waals surface area contributed by atoms with E-state index in [9.17, 15) is 10.1 Å². The van der Waals surface area contributed by atoms with Crippen molar-refractivity contribution < 1.29 is 9.66 Å². The Morgan fingerprint density at radius 3 is 3.22 bits per heavy atom. The van der Waals surface area contributed by atoms with Gasteiger partial charge < -0.3 is 10.1 Å². The summed E-state index contributed by atoms with van der Waals surface area (Å²) in [5.74, 6) is 0.716. The first-order valence-electron chi connectivity index (χ1n) is 6.20. The van der Waals surface area contributed by atoms with Gasteiger partial charge in [-0.3, -0.25) is 10.1 Å². The average molecular weight is 251 g/mol. The predicted octanol–water partition coefficient (Wildman–Crippen LogP) is 1.76. The Kier molecular flexibility index (Phi) is 4.46. The zero-order valence-corrected chi connectivity index (χ0v) is 10.2. The number of nitro groups is 1. The van der Waals surface area contributed by atoms with Crippen molar-refractivity contribution in [2.24, 2.45) is 5.92 Å². The molecule has 2 rings (SSSR count). The molecule has 1 aromatic heterocycles. The molecule has 0 aromatic carbocycles. The fourth-order valence-electron chi connectivity index (χ4n) is 2.13. The van der Waals surface area contributed by atoms with Crippen LogP contribution in [0.4, 0.5) is 5.69 Å². The smallest absolute Gasteiger partial charge is 0.330 e. The van der Waals surface area contributed by atoms with Crippen LogP contribution in [0, 0.1) is 16.0 Å². The van der Waals surface area contributed by atoms with Gasteiger partial charge in [0.05, 0.1) is 11.5 Å². The molecule has 1 aliphatic heterocycles. The molecule has 0 spiro atoms. The van der Waals surface area contributed by atoms with Crippen LogP contribution in [-0.2, 0) is 0 Å². The minimum atomic E-state index is -0.468. The summed E-state index contributed by atoms with van der Waals surface area (Å²) < 4.78 is 5.42. The van der Waals surface area contributed by atoms with Crippen molar-refractivity contribution in [1.29, 1.82) is 0 Å². The number of piperidine rings is 1. The Morgan fingerprint density at radius 1 is 1.61 bits per heavy atom. The maximum atomic E-state index is 10.8. The number of hydrogen-bond donors (Lipinski definition) is 1. The minimum Gasteiger partial charge on any atom is -0.473 e. The number of rotatable bonds is 5. The molecule has 1 saturated heterocycles. The van der Waals surface area contributed by atoms with E-state index in [1.54, 1.807) is 0 Å². The van der Waals surface area contributed by atoms with Gasteiger partial charge in [-0.25, -0.2) is 4.98 Å². The van der Waals surface area contributed by atoms with E-state index in [1.807, 2.05) is 0 Å². The fraction of sp³-hybridized carbons (Fsp3) is 0.583. The molecule has 98 valence electrons. The summed E-state index contributed by atoms with van der Waals surface area (Å²) in [6, 6.07) is 2.94. The van der Waals surface area contributed by atoms with Gasteiger partial charge in [0.15, 0.2) is 0 Å². The molecule has 0 saturated carbocycles. The third kappa shape index (κ3) is 3.40. The van der Waals surface area contributed by atoms with Gasteiger partial charge in [-0.05, 0) is 44.3 Å². The first kappa shape index (κ1) is 12.8.